The molecule has 24 heavy (non-hydrogen) atoms. The summed E-state index contributed by atoms with van der Waals surface area (Å²) in [6.45, 7) is 8.24. The standard InChI is InChI=1S/C15H13N3O2S.C2H6.Y/c1-2-16-14(19)11-5-6-18(8-11)15(20)10-3-4-13-12(7-10)17-9-21-13;1-2;/h3-4,7,9H,1,5-6,8H2,(H,16,19);1-2H3;/q-2;;. The molecule has 0 atom stereocenters. The van der Waals surface area contributed by atoms with Crippen molar-refractivity contribution < 1.29 is 42.3 Å². The molecule has 0 saturated carbocycles. The summed E-state index contributed by atoms with van der Waals surface area (Å²) in [5, 5.41) is 2.42. The summed E-state index contributed by atoms with van der Waals surface area (Å²) < 4.78 is 1.06. The van der Waals surface area contributed by atoms with Gasteiger partial charge in [0.1, 0.15) is 0 Å². The molecule has 0 bridgehead atoms. The van der Waals surface area contributed by atoms with E-state index in [9.17, 15) is 9.59 Å². The van der Waals surface area contributed by atoms with E-state index in [1.165, 1.54) is 0 Å². The van der Waals surface area contributed by atoms with Crippen LogP contribution in [0.4, 0.5) is 0 Å². The smallest absolute Gasteiger partial charge is 0.251 e. The van der Waals surface area contributed by atoms with Gasteiger partial charge < -0.3 is 20.9 Å². The number of nitrogens with one attached hydrogen (secondary N) is 1. The Hall–Kier alpha value is -1.24. The third-order valence-electron chi connectivity index (χ3n) is 3.45. The first kappa shape index (κ1) is 20.8. The molecule has 2 amide bonds. The Balaban J connectivity index is 0.000000925. The van der Waals surface area contributed by atoms with Crippen LogP contribution in [0.25, 0.3) is 10.2 Å². The molecule has 5 nitrogen and oxygen atoms in total. The fourth-order valence-electron chi connectivity index (χ4n) is 2.36. The van der Waals surface area contributed by atoms with Gasteiger partial charge in [-0.15, -0.1) is 11.3 Å². The van der Waals surface area contributed by atoms with Crippen molar-refractivity contribution in [1.82, 2.24) is 15.2 Å². The van der Waals surface area contributed by atoms with E-state index >= 15 is 0 Å². The van der Waals surface area contributed by atoms with Gasteiger partial charge >= 0.3 is 0 Å². The number of amides is 2. The topological polar surface area (TPSA) is 62.3 Å². The van der Waals surface area contributed by atoms with Gasteiger partial charge in [-0.3, -0.25) is 4.79 Å². The SMILES string of the molecule is C=[C-]NC(=O)[C-]1CCN(C(=O)c2ccc3scnc3c2)C1.CC.[Y]. The molecule has 1 aliphatic heterocycles. The number of hydrogen-bond donors (Lipinski definition) is 1. The summed E-state index contributed by atoms with van der Waals surface area (Å²) in [6, 6.07) is 5.50. The number of benzene rings is 1. The van der Waals surface area contributed by atoms with Gasteiger partial charge in [0.15, 0.2) is 0 Å². The minimum atomic E-state index is -0.213. The van der Waals surface area contributed by atoms with Gasteiger partial charge in [0, 0.05) is 38.3 Å². The van der Waals surface area contributed by atoms with Crippen LogP contribution >= 0.6 is 11.3 Å². The molecule has 3 rings (SSSR count). The molecule has 1 fully saturated rings. The molecule has 0 unspecified atom stereocenters. The van der Waals surface area contributed by atoms with Gasteiger partial charge in [-0.2, -0.15) is 19.2 Å². The fraction of sp³-hybridized carbons (Fsp3) is 0.294. The maximum absolute atomic E-state index is 12.5. The average Bonchev–Trinajstić information content (AvgIpc) is 3.25. The summed E-state index contributed by atoms with van der Waals surface area (Å²) >= 11 is 1.54. The monoisotopic (exact) mass is 418 g/mol. The van der Waals surface area contributed by atoms with Crippen molar-refractivity contribution in [3.8, 4) is 0 Å². The van der Waals surface area contributed by atoms with Crippen molar-refractivity contribution in [3.63, 3.8) is 0 Å². The zero-order chi connectivity index (χ0) is 16.8. The van der Waals surface area contributed by atoms with Crippen LogP contribution in [-0.4, -0.2) is 34.8 Å². The third kappa shape index (κ3) is 4.65. The Bertz CT molecular complexity index is 717. The molecule has 1 N–H and O–H groups in total. The molecule has 7 heteroatoms. The van der Waals surface area contributed by atoms with Crippen molar-refractivity contribution in [2.45, 2.75) is 20.3 Å². The number of nitrogens with zero attached hydrogens (tertiary/aromatic N) is 2. The second kappa shape index (κ2) is 9.91. The van der Waals surface area contributed by atoms with E-state index < -0.39 is 0 Å². The van der Waals surface area contributed by atoms with Gasteiger partial charge in [-0.1, -0.05) is 26.3 Å². The zero-order valence-electron chi connectivity index (χ0n) is 13.8. The summed E-state index contributed by atoms with van der Waals surface area (Å²) in [6.07, 6.45) is 2.94. The maximum atomic E-state index is 12.5. The average molecular weight is 418 g/mol. The number of carbonyl (C=O) groups excluding carboxylic acids is 2. The molecule has 0 spiro atoms. The van der Waals surface area contributed by atoms with Crippen molar-refractivity contribution >= 4 is 33.4 Å². The van der Waals surface area contributed by atoms with Crippen LogP contribution in [-0.2, 0) is 37.5 Å². The third-order valence-corrected chi connectivity index (χ3v) is 4.26. The van der Waals surface area contributed by atoms with Crippen LogP contribution in [0.15, 0.2) is 30.3 Å². The second-order valence-corrected chi connectivity index (χ2v) is 5.63. The second-order valence-electron chi connectivity index (χ2n) is 4.75. The normalized spacial score (nSPS) is 12.9. The minimum absolute atomic E-state index is 0. The number of aromatic nitrogens is 1. The van der Waals surface area contributed by atoms with E-state index in [4.69, 9.17) is 0 Å². The van der Waals surface area contributed by atoms with Gasteiger partial charge in [0.25, 0.3) is 5.91 Å². The number of fused-ring (bicyclic) bond motifs is 1. The Kier molecular flexibility index (Phi) is 8.60. The number of carbonyl (C=O) groups is 2. The fourth-order valence-corrected chi connectivity index (χ4v) is 3.02. The van der Waals surface area contributed by atoms with Crippen LogP contribution in [0, 0.1) is 12.1 Å². The Morgan fingerprint density at radius 2 is 2.17 bits per heavy atom. The van der Waals surface area contributed by atoms with E-state index in [0.717, 1.165) is 10.2 Å². The van der Waals surface area contributed by atoms with E-state index in [1.54, 1.807) is 33.9 Å². The minimum Gasteiger partial charge on any atom is -0.521 e. The Morgan fingerprint density at radius 3 is 2.88 bits per heavy atom. The predicted molar refractivity (Wildman–Crippen MR) is 91.7 cm³/mol. The van der Waals surface area contributed by atoms with Crippen molar-refractivity contribution in [2.75, 3.05) is 13.1 Å². The van der Waals surface area contributed by atoms with Crippen LogP contribution < -0.4 is 5.32 Å². The number of rotatable bonds is 3. The summed E-state index contributed by atoms with van der Waals surface area (Å²) in [7, 11) is 0. The van der Waals surface area contributed by atoms with Gasteiger partial charge in [0.05, 0.1) is 15.7 Å². The molecule has 1 aliphatic rings. The van der Waals surface area contributed by atoms with Gasteiger partial charge in [-0.05, 0) is 24.7 Å². The summed E-state index contributed by atoms with van der Waals surface area (Å²) in [4.78, 5) is 30.1. The molecular formula is C17H19N3O2SY-2. The van der Waals surface area contributed by atoms with Gasteiger partial charge in [-0.25, -0.2) is 4.98 Å². The molecule has 125 valence electrons. The van der Waals surface area contributed by atoms with Crippen LogP contribution in [0.3, 0.4) is 0 Å². The number of thiazole rings is 1. The van der Waals surface area contributed by atoms with Crippen LogP contribution in [0.1, 0.15) is 30.6 Å². The molecule has 1 aromatic heterocycles. The quantitative estimate of drug-likeness (QED) is 0.616. The van der Waals surface area contributed by atoms with Crippen molar-refractivity contribution in [1.29, 1.82) is 0 Å². The molecule has 1 aromatic carbocycles. The molecular weight excluding hydrogens is 399 g/mol. The molecule has 2 heterocycles. The largest absolute Gasteiger partial charge is 0.521 e. The first-order chi connectivity index (χ1) is 11.2. The number of hydrogen-bond acceptors (Lipinski definition) is 4. The summed E-state index contributed by atoms with van der Waals surface area (Å²) in [5.41, 5.74) is 3.19. The number of likely N-dealkylation sites (tertiary alicyclic amines) is 1. The maximum Gasteiger partial charge on any atom is 0.251 e. The van der Waals surface area contributed by atoms with E-state index in [1.807, 2.05) is 19.9 Å². The first-order valence-electron chi connectivity index (χ1n) is 7.48. The van der Waals surface area contributed by atoms with E-state index in [2.05, 4.69) is 23.1 Å². The zero-order valence-corrected chi connectivity index (χ0v) is 17.5. The predicted octanol–water partition coefficient (Wildman–Crippen LogP) is 2.80. The molecule has 2 aromatic rings. The van der Waals surface area contributed by atoms with Crippen molar-refractivity contribution in [3.05, 3.63) is 48.0 Å². The van der Waals surface area contributed by atoms with Crippen LogP contribution in [0.2, 0.25) is 0 Å². The van der Waals surface area contributed by atoms with E-state index in [-0.39, 0.29) is 44.5 Å². The molecule has 1 radical (unpaired) electrons. The Labute approximate surface area is 171 Å². The van der Waals surface area contributed by atoms with Gasteiger partial charge in [0.2, 0.25) is 0 Å². The van der Waals surface area contributed by atoms with Crippen LogP contribution in [0.5, 0.6) is 0 Å². The first-order valence-corrected chi connectivity index (χ1v) is 8.36. The Morgan fingerprint density at radius 1 is 1.42 bits per heavy atom. The van der Waals surface area contributed by atoms with Crippen molar-refractivity contribution in [2.24, 2.45) is 0 Å². The van der Waals surface area contributed by atoms with E-state index in [0.29, 0.717) is 31.0 Å². The molecule has 0 aliphatic carbocycles. The molecule has 1 saturated heterocycles. The summed E-state index contributed by atoms with van der Waals surface area (Å²) in [5.74, 6) is 0.389.